The number of para-hydroxylation sites is 1. The van der Waals surface area contributed by atoms with Crippen molar-refractivity contribution >= 4 is 57.1 Å². The maximum absolute atomic E-state index is 13.2. The van der Waals surface area contributed by atoms with Gasteiger partial charge in [0.1, 0.15) is 0 Å². The molecule has 1 unspecified atom stereocenters. The molecular weight excluding hydrogens is 1070 g/mol. The number of aliphatic hydroxyl groups is 1. The van der Waals surface area contributed by atoms with Crippen LogP contribution in [0.5, 0.6) is 0 Å². The number of likely N-dealkylation sites (N-methyl/N-ethyl adjacent to an activating group) is 1. The van der Waals surface area contributed by atoms with Gasteiger partial charge in [0, 0.05) is 43.3 Å². The molecule has 0 fully saturated rings. The fourth-order valence-corrected chi connectivity index (χ4v) is 6.50. The molecule has 0 saturated carbocycles. The Hall–Kier alpha value is -3.87. The van der Waals surface area contributed by atoms with Gasteiger partial charge in [-0.2, -0.15) is 13.2 Å². The number of fused-ring (bicyclic) bond motifs is 1. The summed E-state index contributed by atoms with van der Waals surface area (Å²) in [5.74, 6) is -1.08. The van der Waals surface area contributed by atoms with Crippen LogP contribution in [0, 0.1) is 47.3 Å². The fourth-order valence-electron chi connectivity index (χ4n) is 5.59. The number of benzodiazepines with no additional fused rings is 1. The predicted molar refractivity (Wildman–Crippen MR) is 297 cm³/mol. The first-order valence-electron chi connectivity index (χ1n) is 25.3. The molecule has 5 atom stereocenters. The number of alkyl halides is 4. The number of halogens is 4. The van der Waals surface area contributed by atoms with Crippen LogP contribution in [-0.4, -0.2) is 130 Å². The molecule has 0 aromatic heterocycles. The third kappa shape index (κ3) is 37.6. The minimum atomic E-state index is -4.47. The number of hydrogen-bond donors (Lipinski definition) is 3. The molecule has 440 valence electrons. The number of nitrogens with zero attached hydrogens (tertiary/aromatic N) is 2. The second-order valence-corrected chi connectivity index (χ2v) is 20.5. The second kappa shape index (κ2) is 45.9. The van der Waals surface area contributed by atoms with E-state index in [0.29, 0.717) is 66.7 Å². The van der Waals surface area contributed by atoms with Crippen molar-refractivity contribution in [1.29, 1.82) is 0 Å². The minimum Gasteiger partial charge on any atom is -0.870 e. The first-order valence-corrected chi connectivity index (χ1v) is 26.4. The van der Waals surface area contributed by atoms with E-state index in [4.69, 9.17) is 24.4 Å². The molecule has 0 radical (unpaired) electrons. The molecule has 0 saturated heterocycles. The van der Waals surface area contributed by atoms with Crippen molar-refractivity contribution in [2.24, 2.45) is 52.3 Å². The number of benzene rings is 2. The summed E-state index contributed by atoms with van der Waals surface area (Å²) in [5.41, 5.74) is 1.05. The standard InChI is InChI=1S/C26H30F3N3O3.C10H20O3.C9H18O3.C5H11Br.C5H10O3.CH4.Li.H2O/c1-16(2)13-14-35-15-17(3)24(33)31-23-25(34)32(4)21-8-6-5-7-20(21)22(30-23)18-9-11-19(12-10-18)26(27,28)29;1-8(2)5-6-13-7-9(3)10(11)12-4;1-7(2)4-5-12-6-8(3)9(10)11;1-5(2)3-4-6;1-4(3-6)5(7)8-2;;;/h5-12,16-17,23H,13-15H2,1-4H3,(H,31,33);8-9H,5-7H2,1-4H3;7-8H,4-6H2,1-3H3,(H,10,11);5H,3-4H2,1-2H3;4,6H,3H2,1-2H3;1H4;;1H2/q;;;;;;+1;/p-1/t17-,23?;9-;8-;;4-;;;/m111.1.../s1. The monoisotopic (exact) mass is 1160 g/mol. The summed E-state index contributed by atoms with van der Waals surface area (Å²) >= 11 is 3.35. The number of aliphatic imine (C=N–C) groups is 1. The zero-order valence-electron chi connectivity index (χ0n) is 48.1. The summed E-state index contributed by atoms with van der Waals surface area (Å²) in [6, 6.07) is 11.6. The number of anilines is 1. The summed E-state index contributed by atoms with van der Waals surface area (Å²) in [7, 11) is 4.27. The van der Waals surface area contributed by atoms with Crippen molar-refractivity contribution < 1.29 is 95.4 Å². The van der Waals surface area contributed by atoms with E-state index in [-0.39, 0.29) is 68.8 Å². The third-order valence-corrected chi connectivity index (χ3v) is 11.2. The normalized spacial score (nSPS) is 14.1. The van der Waals surface area contributed by atoms with Crippen LogP contribution in [0.1, 0.15) is 133 Å². The molecule has 21 heteroatoms. The molecule has 0 aliphatic carbocycles. The van der Waals surface area contributed by atoms with Crippen molar-refractivity contribution in [2.75, 3.05) is 77.7 Å². The maximum atomic E-state index is 13.2. The molecule has 4 N–H and O–H groups in total. The van der Waals surface area contributed by atoms with Gasteiger partial charge in [-0.25, -0.2) is 4.99 Å². The smallest absolute Gasteiger partial charge is 0.870 e. The Labute approximate surface area is 479 Å². The van der Waals surface area contributed by atoms with Gasteiger partial charge in [0.05, 0.1) is 81.3 Å². The average molecular weight is 1160 g/mol. The number of aliphatic carboxylic acids is 1. The number of carboxylic acids is 1. The van der Waals surface area contributed by atoms with Gasteiger partial charge in [-0.15, -0.1) is 0 Å². The fraction of sp³-hybridized carbons (Fsp3) is 0.679. The molecule has 1 aliphatic heterocycles. The molecule has 77 heavy (non-hydrogen) atoms. The van der Waals surface area contributed by atoms with E-state index in [9.17, 15) is 37.1 Å². The minimum absolute atomic E-state index is 0. The van der Waals surface area contributed by atoms with Crippen molar-refractivity contribution in [3.63, 3.8) is 0 Å². The molecule has 2 amide bonds. The van der Waals surface area contributed by atoms with Crippen LogP contribution >= 0.6 is 15.9 Å². The Balaban J connectivity index is -0.000000338. The number of hydrogen-bond acceptors (Lipinski definition) is 13. The van der Waals surface area contributed by atoms with Crippen molar-refractivity contribution in [2.45, 2.75) is 129 Å². The Morgan fingerprint density at radius 3 is 1.47 bits per heavy atom. The first kappa shape index (κ1) is 82.0. The summed E-state index contributed by atoms with van der Waals surface area (Å²) in [4.78, 5) is 63.6. The molecule has 0 bridgehead atoms. The first-order chi connectivity index (χ1) is 34.6. The van der Waals surface area contributed by atoms with Crippen LogP contribution in [0.2, 0.25) is 0 Å². The number of carboxylic acid groups (broad SMARTS) is 1. The van der Waals surface area contributed by atoms with Crippen LogP contribution in [0.3, 0.4) is 0 Å². The van der Waals surface area contributed by atoms with Gasteiger partial charge in [0.2, 0.25) is 12.1 Å². The van der Waals surface area contributed by atoms with Crippen molar-refractivity contribution in [3.8, 4) is 0 Å². The zero-order chi connectivity index (χ0) is 57.1. The number of carbonyl (C=O) groups excluding carboxylic acids is 4. The molecule has 16 nitrogen and oxygen atoms in total. The van der Waals surface area contributed by atoms with Crippen molar-refractivity contribution in [1.82, 2.24) is 5.32 Å². The maximum Gasteiger partial charge on any atom is 1.00 e. The summed E-state index contributed by atoms with van der Waals surface area (Å²) in [6.45, 7) is 26.6. The Bertz CT molecular complexity index is 1930. The Morgan fingerprint density at radius 1 is 0.688 bits per heavy atom. The van der Waals surface area contributed by atoms with Gasteiger partial charge >= 0.3 is 42.9 Å². The summed E-state index contributed by atoms with van der Waals surface area (Å²) in [6.07, 6.45) is -1.52. The van der Waals surface area contributed by atoms with E-state index in [1.165, 1.54) is 37.7 Å². The van der Waals surface area contributed by atoms with Crippen LogP contribution < -0.4 is 29.1 Å². The number of carbonyl (C=O) groups is 5. The number of aliphatic hydroxyl groups excluding tert-OH is 1. The molecular formula is C56H94BrF3LiN3O13. The zero-order valence-corrected chi connectivity index (χ0v) is 49.7. The molecule has 1 heterocycles. The molecule has 2 aromatic rings. The topological polar surface area (TPSA) is 230 Å². The summed E-state index contributed by atoms with van der Waals surface area (Å²) < 4.78 is 64.2. The quantitative estimate of drug-likeness (QED) is 0.0393. The van der Waals surface area contributed by atoms with Gasteiger partial charge in [-0.05, 0) is 88.3 Å². The van der Waals surface area contributed by atoms with E-state index < -0.39 is 47.5 Å². The van der Waals surface area contributed by atoms with Gasteiger partial charge in [0.25, 0.3) is 5.91 Å². The molecule has 2 aromatic carbocycles. The average Bonchev–Trinajstić information content (AvgIpc) is 3.45. The Kier molecular flexibility index (Phi) is 48.9. The Morgan fingerprint density at radius 2 is 1.10 bits per heavy atom. The van der Waals surface area contributed by atoms with Gasteiger partial charge in [0.15, 0.2) is 0 Å². The van der Waals surface area contributed by atoms with Crippen LogP contribution in [0.15, 0.2) is 53.5 Å². The van der Waals surface area contributed by atoms with Gasteiger partial charge < -0.3 is 49.6 Å². The summed E-state index contributed by atoms with van der Waals surface area (Å²) in [5, 5.41) is 20.7. The SMILES string of the molecule is C.CC(C)CCBr.CC(C)CCOC[C@@H](C)C(=O)NC1N=C(c2ccc(C(F)(F)F)cc2)c2ccccc2N(C)C1=O.CC(C)CCOC[C@@H](C)C(=O)O.COC(=O)[C@H](C)CO.COC(=O)[C@H](C)COCCC(C)C.[Li+].[OH-]. The second-order valence-electron chi connectivity index (χ2n) is 19.7. The largest absolute Gasteiger partial charge is 1.00 e. The van der Waals surface area contributed by atoms with E-state index in [2.05, 4.69) is 91.1 Å². The van der Waals surface area contributed by atoms with Gasteiger partial charge in [-0.1, -0.05) is 116 Å². The van der Waals surface area contributed by atoms with E-state index in [0.717, 1.165) is 49.3 Å². The number of amides is 2. The van der Waals surface area contributed by atoms with Crippen molar-refractivity contribution in [3.05, 3.63) is 65.2 Å². The number of rotatable bonds is 24. The van der Waals surface area contributed by atoms with E-state index in [1.54, 1.807) is 59.0 Å². The number of nitrogens with one attached hydrogen (secondary N) is 1. The molecule has 3 rings (SSSR count). The number of esters is 2. The number of methoxy groups -OCH3 is 2. The third-order valence-electron chi connectivity index (χ3n) is 10.8. The van der Waals surface area contributed by atoms with Crippen LogP contribution in [-0.2, 0) is 53.8 Å². The molecule has 0 spiro atoms. The predicted octanol–water partition coefficient (Wildman–Crippen LogP) is 7.97. The number of ether oxygens (including phenoxy) is 5. The van der Waals surface area contributed by atoms with E-state index >= 15 is 0 Å². The molecule has 1 aliphatic rings. The van der Waals surface area contributed by atoms with Crippen LogP contribution in [0.4, 0.5) is 18.9 Å². The van der Waals surface area contributed by atoms with Gasteiger partial charge in [-0.3, -0.25) is 24.0 Å². The van der Waals surface area contributed by atoms with Crippen LogP contribution in [0.25, 0.3) is 0 Å². The van der Waals surface area contributed by atoms with E-state index in [1.807, 2.05) is 0 Å².